The molecular weight excluding hydrogens is 372 g/mol. The topological polar surface area (TPSA) is 77.1 Å². The molecule has 3 amide bonds. The number of imide groups is 1. The lowest BCUT2D eigenvalue weighted by Crippen LogP contribution is -2.30. The van der Waals surface area contributed by atoms with Crippen LogP contribution in [0.1, 0.15) is 5.56 Å². The Balaban J connectivity index is 2.04. The lowest BCUT2D eigenvalue weighted by atomic mass is 10.1. The van der Waals surface area contributed by atoms with Crippen LogP contribution < -0.4 is 24.4 Å². The number of anilines is 1. The predicted molar refractivity (Wildman–Crippen MR) is 102 cm³/mol. The van der Waals surface area contributed by atoms with Crippen LogP contribution in [-0.2, 0) is 4.79 Å². The van der Waals surface area contributed by atoms with E-state index in [9.17, 15) is 9.59 Å². The number of hydrogen-bond donors (Lipinski definition) is 1. The van der Waals surface area contributed by atoms with Gasteiger partial charge < -0.3 is 19.5 Å². The molecule has 3 rings (SSSR count). The number of urea groups is 1. The van der Waals surface area contributed by atoms with Crippen LogP contribution in [0.3, 0.4) is 0 Å². The first-order chi connectivity index (χ1) is 13.0. The van der Waals surface area contributed by atoms with Gasteiger partial charge in [0.05, 0.1) is 32.6 Å². The number of ether oxygens (including phenoxy) is 3. The van der Waals surface area contributed by atoms with E-state index in [1.165, 1.54) is 33.5 Å². The lowest BCUT2D eigenvalue weighted by molar-refractivity contribution is -0.113. The Kier molecular flexibility index (Phi) is 5.23. The number of carbonyl (C=O) groups excluding carboxylic acids is 2. The largest absolute Gasteiger partial charge is 0.496 e. The van der Waals surface area contributed by atoms with Gasteiger partial charge in [0.2, 0.25) is 0 Å². The molecule has 1 fully saturated rings. The summed E-state index contributed by atoms with van der Waals surface area (Å²) in [5.41, 5.74) is 0.959. The zero-order valence-electron chi connectivity index (χ0n) is 14.9. The minimum absolute atomic E-state index is 0.0849. The number of carbonyl (C=O) groups is 2. The number of hydrogen-bond acceptors (Lipinski definition) is 5. The highest BCUT2D eigenvalue weighted by molar-refractivity contribution is 6.32. The highest BCUT2D eigenvalue weighted by Gasteiger charge is 2.35. The van der Waals surface area contributed by atoms with Gasteiger partial charge in [0, 0.05) is 17.2 Å². The Morgan fingerprint density at radius 1 is 1.00 bits per heavy atom. The fourth-order valence-electron chi connectivity index (χ4n) is 2.70. The zero-order valence-corrected chi connectivity index (χ0v) is 15.7. The second-order valence-electron chi connectivity index (χ2n) is 5.55. The summed E-state index contributed by atoms with van der Waals surface area (Å²) >= 11 is 5.96. The Hall–Kier alpha value is -3.19. The maximum absolute atomic E-state index is 12.8. The summed E-state index contributed by atoms with van der Waals surface area (Å²) in [7, 11) is 4.50. The maximum Gasteiger partial charge on any atom is 0.333 e. The smallest absolute Gasteiger partial charge is 0.333 e. The fraction of sp³-hybridized carbons (Fsp3) is 0.158. The molecule has 0 aliphatic carbocycles. The molecule has 1 N–H and O–H groups in total. The summed E-state index contributed by atoms with van der Waals surface area (Å²) in [5.74, 6) is 0.888. The van der Waals surface area contributed by atoms with Crippen molar-refractivity contribution in [3.05, 3.63) is 52.7 Å². The van der Waals surface area contributed by atoms with Gasteiger partial charge in [-0.2, -0.15) is 0 Å². The Bertz CT molecular complexity index is 916. The van der Waals surface area contributed by atoms with Crippen LogP contribution in [0.2, 0.25) is 5.02 Å². The van der Waals surface area contributed by atoms with Crippen molar-refractivity contribution < 1.29 is 23.8 Å². The number of methoxy groups -OCH3 is 3. The first-order valence-electron chi connectivity index (χ1n) is 7.91. The van der Waals surface area contributed by atoms with E-state index in [-0.39, 0.29) is 5.70 Å². The van der Waals surface area contributed by atoms with Gasteiger partial charge >= 0.3 is 6.03 Å². The van der Waals surface area contributed by atoms with Crippen molar-refractivity contribution in [1.82, 2.24) is 5.32 Å². The van der Waals surface area contributed by atoms with Gasteiger partial charge in [0.15, 0.2) is 0 Å². The van der Waals surface area contributed by atoms with Crippen molar-refractivity contribution >= 4 is 35.3 Å². The van der Waals surface area contributed by atoms with Crippen molar-refractivity contribution in [2.24, 2.45) is 0 Å². The Morgan fingerprint density at radius 3 is 2.22 bits per heavy atom. The molecule has 8 heteroatoms. The molecule has 1 saturated heterocycles. The average molecular weight is 389 g/mol. The van der Waals surface area contributed by atoms with E-state index in [4.69, 9.17) is 25.8 Å². The van der Waals surface area contributed by atoms with Gasteiger partial charge in [-0.05, 0) is 24.3 Å². The van der Waals surface area contributed by atoms with E-state index in [0.717, 1.165) is 4.90 Å². The van der Waals surface area contributed by atoms with Crippen LogP contribution in [-0.4, -0.2) is 33.3 Å². The van der Waals surface area contributed by atoms with Crippen LogP contribution >= 0.6 is 11.6 Å². The Labute approximate surface area is 161 Å². The standard InChI is InChI=1S/C19H17ClN2O5/c1-25-13-8-16(26-2)14(17(9-13)27-3)10-15-18(23)22(19(24)21-15)12-6-4-5-11(20)7-12/h4-10H,1-3H3,(H,21,24)/b15-10+. The summed E-state index contributed by atoms with van der Waals surface area (Å²) in [4.78, 5) is 26.1. The first kappa shape index (κ1) is 18.6. The van der Waals surface area contributed by atoms with Crippen molar-refractivity contribution in [2.45, 2.75) is 0 Å². The summed E-state index contributed by atoms with van der Waals surface area (Å²) in [6.07, 6.45) is 1.50. The van der Waals surface area contributed by atoms with Gasteiger partial charge in [-0.3, -0.25) is 4.79 Å². The molecule has 27 heavy (non-hydrogen) atoms. The molecule has 0 bridgehead atoms. The molecule has 7 nitrogen and oxygen atoms in total. The van der Waals surface area contributed by atoms with E-state index < -0.39 is 11.9 Å². The molecule has 1 aliphatic heterocycles. The molecule has 1 aliphatic rings. The minimum Gasteiger partial charge on any atom is -0.496 e. The molecule has 2 aromatic rings. The first-order valence-corrected chi connectivity index (χ1v) is 8.29. The molecule has 0 unspecified atom stereocenters. The molecule has 0 saturated carbocycles. The van der Waals surface area contributed by atoms with Crippen LogP contribution in [0.4, 0.5) is 10.5 Å². The van der Waals surface area contributed by atoms with Crippen LogP contribution in [0.25, 0.3) is 6.08 Å². The maximum atomic E-state index is 12.8. The van der Waals surface area contributed by atoms with E-state index in [2.05, 4.69) is 5.32 Å². The zero-order chi connectivity index (χ0) is 19.6. The van der Waals surface area contributed by atoms with Gasteiger partial charge in [-0.15, -0.1) is 0 Å². The third-order valence-corrected chi connectivity index (χ3v) is 4.22. The summed E-state index contributed by atoms with van der Waals surface area (Å²) in [6.45, 7) is 0. The van der Waals surface area contributed by atoms with E-state index in [1.54, 1.807) is 30.3 Å². The molecule has 2 aromatic carbocycles. The van der Waals surface area contributed by atoms with E-state index in [0.29, 0.717) is 33.5 Å². The SMILES string of the molecule is COc1cc(OC)c(/C=C2/NC(=O)N(c3cccc(Cl)c3)C2=O)c(OC)c1. The quantitative estimate of drug-likeness (QED) is 0.627. The lowest BCUT2D eigenvalue weighted by Gasteiger charge is -2.13. The summed E-state index contributed by atoms with van der Waals surface area (Å²) in [6, 6.07) is 9.23. The Morgan fingerprint density at radius 2 is 1.67 bits per heavy atom. The molecule has 0 aromatic heterocycles. The number of nitrogens with zero attached hydrogens (tertiary/aromatic N) is 1. The van der Waals surface area contributed by atoms with Gasteiger partial charge in [0.1, 0.15) is 22.9 Å². The number of halogens is 1. The third kappa shape index (κ3) is 3.54. The predicted octanol–water partition coefficient (Wildman–Crippen LogP) is 3.46. The summed E-state index contributed by atoms with van der Waals surface area (Å²) in [5, 5.41) is 2.98. The third-order valence-electron chi connectivity index (χ3n) is 3.99. The second-order valence-corrected chi connectivity index (χ2v) is 5.99. The van der Waals surface area contributed by atoms with Gasteiger partial charge in [-0.25, -0.2) is 9.69 Å². The van der Waals surface area contributed by atoms with Crippen LogP contribution in [0.15, 0.2) is 42.1 Å². The highest BCUT2D eigenvalue weighted by atomic mass is 35.5. The van der Waals surface area contributed by atoms with Crippen molar-refractivity contribution in [3.63, 3.8) is 0 Å². The van der Waals surface area contributed by atoms with Crippen molar-refractivity contribution in [3.8, 4) is 17.2 Å². The van der Waals surface area contributed by atoms with E-state index in [1.807, 2.05) is 0 Å². The molecular formula is C19H17ClN2O5. The van der Waals surface area contributed by atoms with Crippen molar-refractivity contribution in [2.75, 3.05) is 26.2 Å². The van der Waals surface area contributed by atoms with Crippen molar-refractivity contribution in [1.29, 1.82) is 0 Å². The average Bonchev–Trinajstić information content (AvgIpc) is 2.95. The fourth-order valence-corrected chi connectivity index (χ4v) is 2.89. The number of rotatable bonds is 5. The normalized spacial score (nSPS) is 15.1. The molecule has 1 heterocycles. The number of amides is 3. The second kappa shape index (κ2) is 7.59. The van der Waals surface area contributed by atoms with Crippen LogP contribution in [0, 0.1) is 0 Å². The minimum atomic E-state index is -0.569. The summed E-state index contributed by atoms with van der Waals surface area (Å²) < 4.78 is 16.0. The molecule has 0 radical (unpaired) electrons. The monoisotopic (exact) mass is 388 g/mol. The van der Waals surface area contributed by atoms with Crippen LogP contribution in [0.5, 0.6) is 17.2 Å². The van der Waals surface area contributed by atoms with E-state index >= 15 is 0 Å². The highest BCUT2D eigenvalue weighted by Crippen LogP contribution is 2.36. The van der Waals surface area contributed by atoms with Gasteiger partial charge in [0.25, 0.3) is 5.91 Å². The molecule has 140 valence electrons. The number of nitrogens with one attached hydrogen (secondary N) is 1. The molecule has 0 spiro atoms. The van der Waals surface area contributed by atoms with Gasteiger partial charge in [-0.1, -0.05) is 17.7 Å². The molecule has 0 atom stereocenters. The number of benzene rings is 2.